The molecule has 0 radical (unpaired) electrons. The van der Waals surface area contributed by atoms with E-state index in [1.807, 2.05) is 20.8 Å². The zero-order valence-corrected chi connectivity index (χ0v) is 22.9. The van der Waals surface area contributed by atoms with Crippen molar-refractivity contribution < 1.29 is 10.2 Å². The molecule has 188 valence electrons. The van der Waals surface area contributed by atoms with Gasteiger partial charge in [0.25, 0.3) is 0 Å². The molecule has 0 saturated heterocycles. The Morgan fingerprint density at radius 1 is 0.889 bits per heavy atom. The van der Waals surface area contributed by atoms with E-state index >= 15 is 0 Å². The van der Waals surface area contributed by atoms with Crippen LogP contribution in [0.2, 0.25) is 0 Å². The number of hydrogen-bond donors (Lipinski definition) is 2. The minimum atomic E-state index is -1.92. The van der Waals surface area contributed by atoms with Gasteiger partial charge >= 0.3 is 0 Å². The maximum absolute atomic E-state index is 11.0. The molecule has 0 spiro atoms. The number of benzene rings is 3. The molecule has 3 unspecified atom stereocenters. The highest BCUT2D eigenvalue weighted by Crippen LogP contribution is 2.55. The molecule has 3 aromatic rings. The fraction of sp³-hybridized carbons (Fsp3) is 0.333. The largest absolute Gasteiger partial charge is 0.390 e. The number of allylic oxidation sites excluding steroid dienone is 3. The molecule has 4 rings (SSSR count). The summed E-state index contributed by atoms with van der Waals surface area (Å²) >= 11 is 0. The molecule has 3 atom stereocenters. The molecule has 2 N–H and O–H groups in total. The highest BCUT2D eigenvalue weighted by atomic mass is 31.2. The second kappa shape index (κ2) is 10.9. The highest BCUT2D eigenvalue weighted by Gasteiger charge is 2.48. The fourth-order valence-electron chi connectivity index (χ4n) is 5.78. The second-order valence-corrected chi connectivity index (χ2v) is 14.5. The van der Waals surface area contributed by atoms with Crippen LogP contribution in [0, 0.1) is 11.8 Å². The molecule has 36 heavy (non-hydrogen) atoms. The molecule has 0 aromatic heterocycles. The van der Waals surface area contributed by atoms with Gasteiger partial charge in [0.1, 0.15) is 23.2 Å². The third kappa shape index (κ3) is 5.57. The third-order valence-electron chi connectivity index (χ3n) is 7.86. The Morgan fingerprint density at radius 3 is 1.75 bits per heavy atom. The third-order valence-corrected chi connectivity index (χ3v) is 12.1. The fourth-order valence-corrected chi connectivity index (χ4v) is 9.91. The van der Waals surface area contributed by atoms with Crippen molar-refractivity contribution in [1.82, 2.24) is 0 Å². The van der Waals surface area contributed by atoms with Gasteiger partial charge in [0.2, 0.25) is 0 Å². The molecule has 3 heteroatoms. The molecule has 3 aromatic carbocycles. The lowest BCUT2D eigenvalue weighted by atomic mass is 9.78. The topological polar surface area (TPSA) is 40.5 Å². The summed E-state index contributed by atoms with van der Waals surface area (Å²) in [5.74, 6) is -0.0288. The average molecular weight is 500 g/mol. The molecule has 0 amide bonds. The first-order chi connectivity index (χ1) is 17.1. The number of hydrogen-bond acceptors (Lipinski definition) is 2. The van der Waals surface area contributed by atoms with E-state index in [1.54, 1.807) is 0 Å². The Morgan fingerprint density at radius 2 is 1.33 bits per heavy atom. The Bertz CT molecular complexity index is 1080. The van der Waals surface area contributed by atoms with E-state index in [2.05, 4.69) is 116 Å². The first kappa shape index (κ1) is 26.6. The van der Waals surface area contributed by atoms with Crippen molar-refractivity contribution in [3.8, 4) is 0 Å². The molecule has 1 aliphatic rings. The van der Waals surface area contributed by atoms with Gasteiger partial charge in [-0.2, -0.15) is 0 Å². The van der Waals surface area contributed by atoms with Crippen molar-refractivity contribution in [2.75, 3.05) is 6.16 Å². The van der Waals surface area contributed by atoms with Crippen molar-refractivity contribution in [2.24, 2.45) is 11.8 Å². The van der Waals surface area contributed by atoms with Crippen molar-refractivity contribution in [2.45, 2.75) is 51.7 Å². The summed E-state index contributed by atoms with van der Waals surface area (Å²) in [6, 6.07) is 32.8. The molecule has 1 saturated carbocycles. The summed E-state index contributed by atoms with van der Waals surface area (Å²) in [7, 11) is -1.92. The molecule has 0 bridgehead atoms. The molecule has 0 aliphatic heterocycles. The lowest BCUT2D eigenvalue weighted by Crippen LogP contribution is -2.39. The van der Waals surface area contributed by atoms with Gasteiger partial charge in [0.15, 0.2) is 0 Å². The van der Waals surface area contributed by atoms with Gasteiger partial charge in [-0.15, -0.1) is 0 Å². The van der Waals surface area contributed by atoms with E-state index in [9.17, 15) is 10.2 Å². The highest BCUT2D eigenvalue weighted by molar-refractivity contribution is 7.95. The van der Waals surface area contributed by atoms with E-state index in [-0.39, 0.29) is 11.8 Å². The zero-order valence-electron chi connectivity index (χ0n) is 22.0. The molecular formula is C33H40O2P+. The van der Waals surface area contributed by atoms with E-state index in [0.717, 1.165) is 12.6 Å². The predicted octanol–water partition coefficient (Wildman–Crippen LogP) is 6.03. The van der Waals surface area contributed by atoms with Gasteiger partial charge in [-0.3, -0.25) is 0 Å². The summed E-state index contributed by atoms with van der Waals surface area (Å²) in [6.07, 6.45) is 9.11. The molecular weight excluding hydrogens is 459 g/mol. The van der Waals surface area contributed by atoms with Gasteiger partial charge in [-0.1, -0.05) is 72.3 Å². The van der Waals surface area contributed by atoms with Gasteiger partial charge in [0, 0.05) is 5.92 Å². The van der Waals surface area contributed by atoms with Crippen LogP contribution < -0.4 is 15.9 Å². The van der Waals surface area contributed by atoms with Crippen LogP contribution in [0.3, 0.4) is 0 Å². The average Bonchev–Trinajstić information content (AvgIpc) is 3.19. The van der Waals surface area contributed by atoms with Crippen molar-refractivity contribution in [3.05, 3.63) is 115 Å². The Hall–Kier alpha value is -2.51. The number of rotatable bonds is 8. The second-order valence-electron chi connectivity index (χ2n) is 11.0. The SMILES string of the molecule is CC(/C=C/C1C(C(C)(C)O)CCC1(C)O)=C\C[P+](c1ccccc1)(c1ccccc1)c1ccccc1. The molecule has 0 heterocycles. The summed E-state index contributed by atoms with van der Waals surface area (Å²) < 4.78 is 0. The zero-order chi connectivity index (χ0) is 25.8. The van der Waals surface area contributed by atoms with E-state index in [4.69, 9.17) is 0 Å². The lowest BCUT2D eigenvalue weighted by Gasteiger charge is -2.33. The van der Waals surface area contributed by atoms with Crippen molar-refractivity contribution in [3.63, 3.8) is 0 Å². The summed E-state index contributed by atoms with van der Waals surface area (Å²) in [4.78, 5) is 0. The van der Waals surface area contributed by atoms with Crippen LogP contribution in [0.25, 0.3) is 0 Å². The van der Waals surface area contributed by atoms with Crippen LogP contribution in [-0.4, -0.2) is 27.6 Å². The van der Waals surface area contributed by atoms with Gasteiger partial charge in [0.05, 0.1) is 17.4 Å². The standard InChI is InChI=1S/C33H40O2P/c1-26(20-21-31-30(32(2,3)34)22-24-33(31,4)35)23-25-36(27-14-8-5-9-15-27,28-16-10-6-11-17-28)29-18-12-7-13-19-29/h5-21,23,30-31,34-35H,22,24-25H2,1-4H3/q+1/b21-20+,26-23+. The summed E-state index contributed by atoms with van der Waals surface area (Å²) in [5, 5.41) is 25.9. The number of aliphatic hydroxyl groups is 2. The van der Waals surface area contributed by atoms with Gasteiger partial charge < -0.3 is 10.2 Å². The quantitative estimate of drug-likeness (QED) is 0.293. The van der Waals surface area contributed by atoms with Crippen molar-refractivity contribution >= 4 is 23.2 Å². The Balaban J connectivity index is 1.74. The normalized spacial score (nSPS) is 23.3. The maximum Gasteiger partial charge on any atom is 0.115 e. The Labute approximate surface area is 217 Å². The minimum absolute atomic E-state index is 0.0427. The molecule has 1 aliphatic carbocycles. The minimum Gasteiger partial charge on any atom is -0.390 e. The molecule has 2 nitrogen and oxygen atoms in total. The monoisotopic (exact) mass is 499 g/mol. The van der Waals surface area contributed by atoms with Crippen LogP contribution in [-0.2, 0) is 0 Å². The van der Waals surface area contributed by atoms with E-state index < -0.39 is 18.5 Å². The van der Waals surface area contributed by atoms with Gasteiger partial charge in [-0.05, 0) is 88.9 Å². The lowest BCUT2D eigenvalue weighted by molar-refractivity contribution is -0.0294. The summed E-state index contributed by atoms with van der Waals surface area (Å²) in [5.41, 5.74) is -0.433. The smallest absolute Gasteiger partial charge is 0.115 e. The maximum atomic E-state index is 11.0. The van der Waals surface area contributed by atoms with E-state index in [1.165, 1.54) is 21.5 Å². The first-order valence-electron chi connectivity index (χ1n) is 13.0. The van der Waals surface area contributed by atoms with Crippen LogP contribution in [0.1, 0.15) is 40.5 Å². The van der Waals surface area contributed by atoms with E-state index in [0.29, 0.717) is 6.42 Å². The molecule has 1 fully saturated rings. The Kier molecular flexibility index (Phi) is 8.00. The van der Waals surface area contributed by atoms with Crippen molar-refractivity contribution in [1.29, 1.82) is 0 Å². The van der Waals surface area contributed by atoms with Crippen LogP contribution in [0.15, 0.2) is 115 Å². The van der Waals surface area contributed by atoms with Crippen LogP contribution >= 0.6 is 7.26 Å². The first-order valence-corrected chi connectivity index (χ1v) is 15.0. The van der Waals surface area contributed by atoms with Crippen LogP contribution in [0.4, 0.5) is 0 Å². The van der Waals surface area contributed by atoms with Crippen LogP contribution in [0.5, 0.6) is 0 Å². The van der Waals surface area contributed by atoms with Gasteiger partial charge in [-0.25, -0.2) is 0 Å². The summed E-state index contributed by atoms with van der Waals surface area (Å²) in [6.45, 7) is 7.78. The predicted molar refractivity (Wildman–Crippen MR) is 156 cm³/mol.